The van der Waals surface area contributed by atoms with E-state index in [4.69, 9.17) is 5.11 Å². The second kappa shape index (κ2) is 4.94. The molecule has 1 aromatic carbocycles. The number of carboxylic acid groups (broad SMARTS) is 1. The van der Waals surface area contributed by atoms with E-state index in [9.17, 15) is 9.18 Å². The van der Waals surface area contributed by atoms with Gasteiger partial charge in [0.25, 0.3) is 0 Å². The number of rotatable bonds is 2. The zero-order valence-electron chi connectivity index (χ0n) is 10.6. The number of hydrogen-bond donors (Lipinski definition) is 1. The number of halogens is 1. The third-order valence-electron chi connectivity index (χ3n) is 3.51. The van der Waals surface area contributed by atoms with Crippen LogP contribution < -0.4 is 4.90 Å². The summed E-state index contributed by atoms with van der Waals surface area (Å²) >= 11 is 0. The van der Waals surface area contributed by atoms with Gasteiger partial charge in [-0.05, 0) is 32.2 Å². The predicted octanol–water partition coefficient (Wildman–Crippen LogP) is 1.66. The highest BCUT2D eigenvalue weighted by molar-refractivity contribution is 5.88. The minimum absolute atomic E-state index is 0.277. The van der Waals surface area contributed by atoms with Gasteiger partial charge in [0, 0.05) is 31.4 Å². The van der Waals surface area contributed by atoms with Crippen LogP contribution in [-0.2, 0) is 0 Å². The molecule has 1 aliphatic heterocycles. The molecular weight excluding hydrogens is 235 g/mol. The van der Waals surface area contributed by atoms with Crippen molar-refractivity contribution in [3.63, 3.8) is 0 Å². The first-order valence-electron chi connectivity index (χ1n) is 5.97. The quantitative estimate of drug-likeness (QED) is 0.869. The third kappa shape index (κ3) is 2.46. The van der Waals surface area contributed by atoms with Gasteiger partial charge in [-0.3, -0.25) is 0 Å². The number of likely N-dealkylation sites (N-methyl/N-ethyl adjacent to an activating group) is 1. The number of benzene rings is 1. The third-order valence-corrected chi connectivity index (χ3v) is 3.51. The first kappa shape index (κ1) is 12.8. The highest BCUT2D eigenvalue weighted by Crippen LogP contribution is 2.21. The van der Waals surface area contributed by atoms with E-state index < -0.39 is 11.8 Å². The van der Waals surface area contributed by atoms with Crippen LogP contribution in [0.3, 0.4) is 0 Å². The van der Waals surface area contributed by atoms with Crippen LogP contribution in [-0.4, -0.2) is 48.7 Å². The van der Waals surface area contributed by atoms with Gasteiger partial charge in [-0.15, -0.1) is 0 Å². The average Bonchev–Trinajstić information content (AvgIpc) is 2.32. The van der Waals surface area contributed by atoms with Crippen molar-refractivity contribution in [1.82, 2.24) is 4.90 Å². The number of aromatic carboxylic acids is 1. The molecule has 1 N–H and O–H groups in total. The zero-order valence-corrected chi connectivity index (χ0v) is 10.6. The van der Waals surface area contributed by atoms with Gasteiger partial charge in [0.05, 0.1) is 5.56 Å². The molecule has 0 amide bonds. The van der Waals surface area contributed by atoms with Crippen molar-refractivity contribution in [3.8, 4) is 0 Å². The van der Waals surface area contributed by atoms with Gasteiger partial charge in [0.15, 0.2) is 0 Å². The summed E-state index contributed by atoms with van der Waals surface area (Å²) in [4.78, 5) is 15.1. The van der Waals surface area contributed by atoms with Crippen molar-refractivity contribution in [1.29, 1.82) is 0 Å². The molecule has 1 atom stereocenters. The van der Waals surface area contributed by atoms with Gasteiger partial charge in [-0.2, -0.15) is 0 Å². The molecule has 0 bridgehead atoms. The number of anilines is 1. The topological polar surface area (TPSA) is 43.8 Å². The molecule has 1 heterocycles. The van der Waals surface area contributed by atoms with E-state index in [-0.39, 0.29) is 5.56 Å². The molecule has 5 heteroatoms. The Balaban J connectivity index is 2.19. The summed E-state index contributed by atoms with van der Waals surface area (Å²) < 4.78 is 13.6. The van der Waals surface area contributed by atoms with Crippen LogP contribution in [0.4, 0.5) is 10.1 Å². The molecule has 1 aliphatic rings. The van der Waals surface area contributed by atoms with Gasteiger partial charge in [-0.1, -0.05) is 0 Å². The smallest absolute Gasteiger partial charge is 0.338 e. The highest BCUT2D eigenvalue weighted by Gasteiger charge is 2.22. The van der Waals surface area contributed by atoms with Crippen LogP contribution in [0.2, 0.25) is 0 Å². The number of carboxylic acids is 1. The Labute approximate surface area is 106 Å². The van der Waals surface area contributed by atoms with Crippen LogP contribution in [0, 0.1) is 5.82 Å². The minimum atomic E-state index is -1.23. The van der Waals surface area contributed by atoms with Crippen molar-refractivity contribution < 1.29 is 14.3 Å². The van der Waals surface area contributed by atoms with Crippen molar-refractivity contribution >= 4 is 11.7 Å². The standard InChI is InChI=1S/C13H17FN2O2/c1-9-8-16(6-5-15(9)2)10-3-4-11(13(17)18)12(14)7-10/h3-4,7,9H,5-6,8H2,1-2H3,(H,17,18). The lowest BCUT2D eigenvalue weighted by Gasteiger charge is -2.39. The fourth-order valence-corrected chi connectivity index (χ4v) is 2.16. The van der Waals surface area contributed by atoms with Gasteiger partial charge >= 0.3 is 5.97 Å². The molecule has 18 heavy (non-hydrogen) atoms. The summed E-state index contributed by atoms with van der Waals surface area (Å²) in [5.74, 6) is -1.91. The Kier molecular flexibility index (Phi) is 3.52. The number of carbonyl (C=O) groups is 1. The summed E-state index contributed by atoms with van der Waals surface area (Å²) in [6.45, 7) is 4.69. The van der Waals surface area contributed by atoms with E-state index in [1.165, 1.54) is 12.1 Å². The first-order chi connectivity index (χ1) is 8.49. The Morgan fingerprint density at radius 2 is 2.17 bits per heavy atom. The molecule has 4 nitrogen and oxygen atoms in total. The second-order valence-corrected chi connectivity index (χ2v) is 4.74. The van der Waals surface area contributed by atoms with Gasteiger partial charge in [-0.25, -0.2) is 9.18 Å². The van der Waals surface area contributed by atoms with Gasteiger partial charge in [0.1, 0.15) is 5.82 Å². The van der Waals surface area contributed by atoms with Crippen LogP contribution >= 0.6 is 0 Å². The highest BCUT2D eigenvalue weighted by atomic mass is 19.1. The molecule has 0 spiro atoms. The van der Waals surface area contributed by atoms with E-state index >= 15 is 0 Å². The van der Waals surface area contributed by atoms with E-state index in [0.29, 0.717) is 6.04 Å². The second-order valence-electron chi connectivity index (χ2n) is 4.74. The summed E-state index contributed by atoms with van der Waals surface area (Å²) in [5.41, 5.74) is 0.471. The van der Waals surface area contributed by atoms with Crippen LogP contribution in [0.5, 0.6) is 0 Å². The fraction of sp³-hybridized carbons (Fsp3) is 0.462. The van der Waals surface area contributed by atoms with Crippen molar-refractivity contribution in [2.45, 2.75) is 13.0 Å². The maximum atomic E-state index is 13.6. The molecule has 1 aromatic rings. The van der Waals surface area contributed by atoms with Crippen LogP contribution in [0.1, 0.15) is 17.3 Å². The van der Waals surface area contributed by atoms with Crippen LogP contribution in [0.15, 0.2) is 18.2 Å². The Morgan fingerprint density at radius 3 is 2.72 bits per heavy atom. The van der Waals surface area contributed by atoms with Crippen molar-refractivity contribution in [2.75, 3.05) is 31.6 Å². The lowest BCUT2D eigenvalue weighted by atomic mass is 10.1. The van der Waals surface area contributed by atoms with Gasteiger partial charge < -0.3 is 14.9 Å². The molecule has 0 aromatic heterocycles. The monoisotopic (exact) mass is 252 g/mol. The maximum absolute atomic E-state index is 13.6. The minimum Gasteiger partial charge on any atom is -0.478 e. The number of piperazine rings is 1. The number of hydrogen-bond acceptors (Lipinski definition) is 3. The van der Waals surface area contributed by atoms with E-state index in [1.54, 1.807) is 6.07 Å². The van der Waals surface area contributed by atoms with E-state index in [1.807, 2.05) is 0 Å². The molecule has 1 saturated heterocycles. The predicted molar refractivity (Wildman–Crippen MR) is 67.7 cm³/mol. The lowest BCUT2D eigenvalue weighted by molar-refractivity contribution is 0.0692. The molecule has 0 saturated carbocycles. The molecule has 1 unspecified atom stereocenters. The molecule has 2 rings (SSSR count). The molecule has 1 fully saturated rings. The summed E-state index contributed by atoms with van der Waals surface area (Å²) in [5, 5.41) is 8.78. The molecular formula is C13H17FN2O2. The normalized spacial score (nSPS) is 21.1. The van der Waals surface area contributed by atoms with Crippen molar-refractivity contribution in [3.05, 3.63) is 29.6 Å². The summed E-state index contributed by atoms with van der Waals surface area (Å²) in [6, 6.07) is 4.71. The summed E-state index contributed by atoms with van der Waals surface area (Å²) in [6.07, 6.45) is 0. The Hall–Kier alpha value is -1.62. The average molecular weight is 252 g/mol. The summed E-state index contributed by atoms with van der Waals surface area (Å²) in [7, 11) is 2.07. The molecule has 98 valence electrons. The number of nitrogens with zero attached hydrogens (tertiary/aromatic N) is 2. The first-order valence-corrected chi connectivity index (χ1v) is 5.97. The Morgan fingerprint density at radius 1 is 1.44 bits per heavy atom. The maximum Gasteiger partial charge on any atom is 0.338 e. The SMILES string of the molecule is CC1CN(c2ccc(C(=O)O)c(F)c2)CCN1C. The largest absolute Gasteiger partial charge is 0.478 e. The Bertz CT molecular complexity index is 464. The van der Waals surface area contributed by atoms with Crippen LogP contribution in [0.25, 0.3) is 0 Å². The van der Waals surface area contributed by atoms with Gasteiger partial charge in [0.2, 0.25) is 0 Å². The lowest BCUT2D eigenvalue weighted by Crippen LogP contribution is -2.50. The fourth-order valence-electron chi connectivity index (χ4n) is 2.16. The zero-order chi connectivity index (χ0) is 13.3. The van der Waals surface area contributed by atoms with E-state index in [0.717, 1.165) is 25.3 Å². The molecule has 0 aliphatic carbocycles. The van der Waals surface area contributed by atoms with E-state index in [2.05, 4.69) is 23.8 Å². The molecule has 0 radical (unpaired) electrons. The van der Waals surface area contributed by atoms with Crippen molar-refractivity contribution in [2.24, 2.45) is 0 Å².